The van der Waals surface area contributed by atoms with Crippen LogP contribution in [0.3, 0.4) is 0 Å². The fraction of sp³-hybridized carbons (Fsp3) is 0.409. The Balaban J connectivity index is 0.000000305. The number of dihydropyridines is 1. The topological polar surface area (TPSA) is 118 Å². The number of carbonyl (C=O) groups is 1. The highest BCUT2D eigenvalue weighted by atomic mass is 32.1. The molecule has 1 aliphatic rings. The van der Waals surface area contributed by atoms with Crippen molar-refractivity contribution in [3.8, 4) is 0 Å². The first kappa shape index (κ1) is 23.4. The summed E-state index contributed by atoms with van der Waals surface area (Å²) >= 11 is 1.62. The first-order chi connectivity index (χ1) is 15.4. The van der Waals surface area contributed by atoms with Crippen molar-refractivity contribution in [3.05, 3.63) is 46.4 Å². The van der Waals surface area contributed by atoms with Crippen molar-refractivity contribution in [2.45, 2.75) is 39.2 Å². The minimum absolute atomic E-state index is 0.389. The number of nitrogens with one attached hydrogen (secondary N) is 1. The number of carbonyl (C=O) groups excluding carboxylic acids is 1. The molecular weight excluding hydrogens is 424 g/mol. The lowest BCUT2D eigenvalue weighted by atomic mass is 10.2. The SMILES string of the molecule is CC1CC=CC(N)=N1.CCN(C)/N=C\c1c(C=O)n(C)c2nc(CCc3ccn[nH]3)sc12. The number of fused-ring (bicyclic) bond motifs is 1. The standard InChI is InChI=1S/C16H20N6OS.C6H10N2/c1-4-21(2)18-9-12-13(10-23)22(3)16-15(12)24-14(19-16)6-5-11-7-8-17-20-11;1-5-3-2-4-6(7)8-5/h7-10H,4-6H2,1-3H3,(H,17,20);2,4-5H,3H2,1H3,(H2,7,8)/b18-9-;. The van der Waals surface area contributed by atoms with Gasteiger partial charge in [-0.2, -0.15) is 10.2 Å². The summed E-state index contributed by atoms with van der Waals surface area (Å²) in [5, 5.41) is 14.2. The van der Waals surface area contributed by atoms with Gasteiger partial charge in [-0.05, 0) is 38.8 Å². The largest absolute Gasteiger partial charge is 0.384 e. The predicted molar refractivity (Wildman–Crippen MR) is 131 cm³/mol. The molecule has 170 valence electrons. The third-order valence-electron chi connectivity index (χ3n) is 5.11. The highest BCUT2D eigenvalue weighted by Crippen LogP contribution is 2.29. The van der Waals surface area contributed by atoms with Crippen molar-refractivity contribution in [1.82, 2.24) is 24.8 Å². The lowest BCUT2D eigenvalue weighted by molar-refractivity contribution is 0.111. The van der Waals surface area contributed by atoms with Crippen molar-refractivity contribution >= 4 is 40.0 Å². The van der Waals surface area contributed by atoms with Gasteiger partial charge in [0.2, 0.25) is 0 Å². The fourth-order valence-corrected chi connectivity index (χ4v) is 4.30. The van der Waals surface area contributed by atoms with E-state index in [4.69, 9.17) is 10.7 Å². The van der Waals surface area contributed by atoms with Gasteiger partial charge in [0.15, 0.2) is 11.9 Å². The molecule has 1 unspecified atom stereocenters. The van der Waals surface area contributed by atoms with E-state index in [9.17, 15) is 4.79 Å². The van der Waals surface area contributed by atoms with Crippen molar-refractivity contribution in [2.24, 2.45) is 22.9 Å². The van der Waals surface area contributed by atoms with E-state index in [1.807, 2.05) is 48.8 Å². The Morgan fingerprint density at radius 2 is 2.25 bits per heavy atom. The van der Waals surface area contributed by atoms with Gasteiger partial charge in [-0.25, -0.2) is 4.98 Å². The van der Waals surface area contributed by atoms with Crippen LogP contribution in [0, 0.1) is 0 Å². The number of hydrogen-bond acceptors (Lipinski definition) is 8. The number of H-pyrrole nitrogens is 1. The zero-order valence-corrected chi connectivity index (χ0v) is 19.8. The number of aldehydes is 1. The van der Waals surface area contributed by atoms with E-state index in [0.717, 1.165) is 58.7 Å². The van der Waals surface area contributed by atoms with Gasteiger partial charge in [-0.1, -0.05) is 6.08 Å². The summed E-state index contributed by atoms with van der Waals surface area (Å²) in [6.45, 7) is 4.89. The van der Waals surface area contributed by atoms with Crippen molar-refractivity contribution < 1.29 is 4.79 Å². The van der Waals surface area contributed by atoms with Crippen LogP contribution in [0.25, 0.3) is 10.3 Å². The summed E-state index contributed by atoms with van der Waals surface area (Å²) in [4.78, 5) is 20.3. The average Bonchev–Trinajstić information content (AvgIpc) is 3.48. The molecule has 0 aromatic carbocycles. The third kappa shape index (κ3) is 5.70. The number of hydrazone groups is 1. The minimum Gasteiger partial charge on any atom is -0.384 e. The van der Waals surface area contributed by atoms with Gasteiger partial charge in [0.25, 0.3) is 0 Å². The van der Waals surface area contributed by atoms with Crippen molar-refractivity contribution in [2.75, 3.05) is 13.6 Å². The summed E-state index contributed by atoms with van der Waals surface area (Å²) in [7, 11) is 3.77. The molecule has 0 radical (unpaired) electrons. The van der Waals surface area contributed by atoms with Gasteiger partial charge in [-0.15, -0.1) is 11.3 Å². The Hall–Kier alpha value is -3.27. The number of aromatic amines is 1. The molecule has 3 N–H and O–H groups in total. The summed E-state index contributed by atoms with van der Waals surface area (Å²) < 4.78 is 2.85. The molecule has 0 fully saturated rings. The third-order valence-corrected chi connectivity index (χ3v) is 6.25. The first-order valence-corrected chi connectivity index (χ1v) is 11.4. The molecule has 4 heterocycles. The Bertz CT molecular complexity index is 1120. The molecule has 10 heteroatoms. The number of aromatic nitrogens is 4. The van der Waals surface area contributed by atoms with E-state index in [1.165, 1.54) is 0 Å². The van der Waals surface area contributed by atoms with Crippen LogP contribution in [-0.2, 0) is 19.9 Å². The molecule has 1 atom stereocenters. The maximum absolute atomic E-state index is 11.5. The Kier molecular flexibility index (Phi) is 7.93. The predicted octanol–water partition coefficient (Wildman–Crippen LogP) is 2.93. The summed E-state index contributed by atoms with van der Waals surface area (Å²) in [5.41, 5.74) is 8.76. The molecule has 0 aliphatic carbocycles. The van der Waals surface area contributed by atoms with Gasteiger partial charge in [0.05, 0.1) is 27.7 Å². The maximum Gasteiger partial charge on any atom is 0.167 e. The molecule has 0 bridgehead atoms. The van der Waals surface area contributed by atoms with E-state index in [1.54, 1.807) is 23.7 Å². The van der Waals surface area contributed by atoms with E-state index in [0.29, 0.717) is 17.6 Å². The zero-order chi connectivity index (χ0) is 23.1. The molecular formula is C22H30N8OS. The number of nitrogens with zero attached hydrogens (tertiary/aromatic N) is 6. The number of aryl methyl sites for hydroxylation is 3. The Labute approximate surface area is 191 Å². The molecule has 0 saturated heterocycles. The minimum atomic E-state index is 0.389. The number of hydrogen-bond donors (Lipinski definition) is 2. The fourth-order valence-electron chi connectivity index (χ4n) is 3.18. The van der Waals surface area contributed by atoms with Gasteiger partial charge in [0, 0.05) is 44.5 Å². The van der Waals surface area contributed by atoms with Crippen LogP contribution in [-0.4, -0.2) is 62.7 Å². The molecule has 9 nitrogen and oxygen atoms in total. The highest BCUT2D eigenvalue weighted by Gasteiger charge is 2.18. The lowest BCUT2D eigenvalue weighted by Crippen LogP contribution is -2.15. The van der Waals surface area contributed by atoms with E-state index in [2.05, 4.69) is 27.2 Å². The average molecular weight is 455 g/mol. The Morgan fingerprint density at radius 1 is 1.44 bits per heavy atom. The molecule has 3 aromatic rings. The summed E-state index contributed by atoms with van der Waals surface area (Å²) in [5.74, 6) is 0.656. The zero-order valence-electron chi connectivity index (χ0n) is 18.9. The molecule has 32 heavy (non-hydrogen) atoms. The first-order valence-electron chi connectivity index (χ1n) is 10.6. The van der Waals surface area contributed by atoms with Crippen LogP contribution >= 0.6 is 11.3 Å². The van der Waals surface area contributed by atoms with E-state index < -0.39 is 0 Å². The van der Waals surface area contributed by atoms with Crippen molar-refractivity contribution in [1.29, 1.82) is 0 Å². The molecule has 1 aliphatic heterocycles. The quantitative estimate of drug-likeness (QED) is 0.323. The highest BCUT2D eigenvalue weighted by molar-refractivity contribution is 7.19. The van der Waals surface area contributed by atoms with Crippen molar-refractivity contribution in [3.63, 3.8) is 0 Å². The number of thiazole rings is 1. The number of nitrogens with two attached hydrogens (primary N) is 1. The lowest BCUT2D eigenvalue weighted by Gasteiger charge is -2.07. The van der Waals surface area contributed by atoms with Crippen LogP contribution in [0.5, 0.6) is 0 Å². The second kappa shape index (κ2) is 10.9. The second-order valence-corrected chi connectivity index (χ2v) is 8.66. The van der Waals surface area contributed by atoms with Gasteiger partial charge >= 0.3 is 0 Å². The van der Waals surface area contributed by atoms with E-state index in [-0.39, 0.29) is 0 Å². The van der Waals surface area contributed by atoms with Gasteiger partial charge < -0.3 is 15.3 Å². The van der Waals surface area contributed by atoms with Gasteiger partial charge in [0.1, 0.15) is 5.84 Å². The Morgan fingerprint density at radius 3 is 2.84 bits per heavy atom. The molecule has 0 saturated carbocycles. The van der Waals surface area contributed by atoms with Crippen LogP contribution in [0.2, 0.25) is 0 Å². The molecule has 0 spiro atoms. The second-order valence-electron chi connectivity index (χ2n) is 7.58. The monoisotopic (exact) mass is 454 g/mol. The molecule has 3 aromatic heterocycles. The number of aliphatic imine (C=N–C) groups is 1. The van der Waals surface area contributed by atoms with Gasteiger partial charge in [-0.3, -0.25) is 14.9 Å². The van der Waals surface area contributed by atoms with Crippen LogP contribution in [0.1, 0.15) is 47.0 Å². The van der Waals surface area contributed by atoms with E-state index >= 15 is 0 Å². The summed E-state index contributed by atoms with van der Waals surface area (Å²) in [6, 6.07) is 2.36. The van der Waals surface area contributed by atoms with Crippen LogP contribution in [0.4, 0.5) is 0 Å². The van der Waals surface area contributed by atoms with Crippen LogP contribution in [0.15, 0.2) is 34.5 Å². The summed E-state index contributed by atoms with van der Waals surface area (Å²) in [6.07, 6.45) is 11.0. The smallest absolute Gasteiger partial charge is 0.167 e. The van der Waals surface area contributed by atoms with Crippen LogP contribution < -0.4 is 5.73 Å². The number of amidine groups is 1. The normalized spacial score (nSPS) is 15.6. The number of rotatable bonds is 7. The molecule has 0 amide bonds. The molecule has 4 rings (SSSR count). The maximum atomic E-state index is 11.5.